The Morgan fingerprint density at radius 1 is 0.456 bits per heavy atom. The molecule has 0 aromatic heterocycles. The van der Waals surface area contributed by atoms with E-state index >= 15 is 4.79 Å². The maximum atomic E-state index is 16.8. The fourth-order valence-electron chi connectivity index (χ4n) is 23.4. The summed E-state index contributed by atoms with van der Waals surface area (Å²) in [5.41, 5.74) is -7.74. The van der Waals surface area contributed by atoms with Crippen molar-refractivity contribution in [1.29, 1.82) is 0 Å². The number of ether oxygens (including phenoxy) is 18. The van der Waals surface area contributed by atoms with Crippen LogP contribution in [0.1, 0.15) is 173 Å². The predicted octanol–water partition coefficient (Wildman–Crippen LogP) is -2.73. The molecule has 0 aromatic rings. The molecular formula is C94H148O42. The molecule has 0 amide bonds. The topological polar surface area (TPSA) is 642 Å². The first kappa shape index (κ1) is 109. The first-order chi connectivity index (χ1) is 63.6. The Balaban J connectivity index is 0.801. The van der Waals surface area contributed by atoms with Gasteiger partial charge in [-0.1, -0.05) is 84.4 Å². The summed E-state index contributed by atoms with van der Waals surface area (Å²) in [6.07, 6.45) is -53.2. The van der Waals surface area contributed by atoms with Gasteiger partial charge in [0.05, 0.1) is 69.2 Å². The normalized spacial score (nSPS) is 48.5. The highest BCUT2D eigenvalue weighted by Gasteiger charge is 2.73. The second kappa shape index (κ2) is 42.8. The van der Waals surface area contributed by atoms with Crippen LogP contribution in [0.5, 0.6) is 0 Å². The van der Waals surface area contributed by atoms with Gasteiger partial charge in [-0.2, -0.15) is 0 Å². The van der Waals surface area contributed by atoms with Gasteiger partial charge in [-0.25, -0.2) is 14.4 Å². The minimum Gasteiger partial charge on any atom is -0.453 e. The lowest BCUT2D eigenvalue weighted by Gasteiger charge is -2.71. The van der Waals surface area contributed by atoms with E-state index in [1.165, 1.54) is 65.8 Å². The van der Waals surface area contributed by atoms with Gasteiger partial charge in [-0.3, -0.25) is 0 Å². The van der Waals surface area contributed by atoms with Gasteiger partial charge in [-0.05, 0) is 170 Å². The van der Waals surface area contributed by atoms with Crippen molar-refractivity contribution in [2.24, 2.45) is 50.7 Å². The zero-order valence-corrected chi connectivity index (χ0v) is 79.4. The van der Waals surface area contributed by atoms with Crippen molar-refractivity contribution >= 4 is 17.9 Å². The standard InChI is InChI=1S/C94H148O42/c1-16-89(11,116)27-18-20-40(3)76(113)130-72-61(104)52(38-124-84-74(63(106)56(99)42(5)125-84)131-77(114)41(4)21-19-28-90(12,117)17-2)128-85(75(72)135-81-68(111)64(107)70(43(6)126-81)132-80-69(112)71(50(98)36-121-80)133-78-65(108)57(100)47(95)33-119-78)136-86(115)94(118)39-93(15)45(44-32-87(7,8)29-24-46(44)94)22-23-54-91(13)30-26-55(88(9,10)53(91)25-31-92(54,93)14)129-82-67(110)62(105)60(103)51(127-82)37-123-83-73(59(102)49(97)35-122-83)134-79-66(109)58(101)48(96)34-120-79/h16-17,20-22,42-44,46-75,78-85,95-112,116-118H,1-2,18-19,23-39H2,3-15H3/b40-20+,41-21+. The molecule has 0 spiro atoms. The van der Waals surface area contributed by atoms with E-state index in [1.807, 2.05) is 0 Å². The lowest BCUT2D eigenvalue weighted by Crippen LogP contribution is -2.69. The number of esters is 3. The molecule has 47 atom stereocenters. The number of aliphatic hydroxyl groups excluding tert-OH is 18. The summed E-state index contributed by atoms with van der Waals surface area (Å²) in [6.45, 7) is 27.2. The summed E-state index contributed by atoms with van der Waals surface area (Å²) in [7, 11) is 0. The van der Waals surface area contributed by atoms with Crippen molar-refractivity contribution in [3.8, 4) is 0 Å². The van der Waals surface area contributed by atoms with Crippen LogP contribution in [0.2, 0.25) is 0 Å². The second-order valence-corrected chi connectivity index (χ2v) is 42.6. The fourth-order valence-corrected chi connectivity index (χ4v) is 23.4. The molecule has 4 saturated carbocycles. The van der Waals surface area contributed by atoms with Crippen LogP contribution in [-0.2, 0) is 99.6 Å². The average molecular weight is 1950 g/mol. The summed E-state index contributed by atoms with van der Waals surface area (Å²) in [6, 6.07) is 0. The van der Waals surface area contributed by atoms with Crippen LogP contribution in [0.3, 0.4) is 0 Å². The van der Waals surface area contributed by atoms with Gasteiger partial charge in [0, 0.05) is 17.1 Å². The predicted molar refractivity (Wildman–Crippen MR) is 463 cm³/mol. The van der Waals surface area contributed by atoms with Gasteiger partial charge in [0.2, 0.25) is 6.29 Å². The number of rotatable bonds is 30. The Morgan fingerprint density at radius 3 is 1.52 bits per heavy atom. The van der Waals surface area contributed by atoms with Crippen molar-refractivity contribution in [2.75, 3.05) is 39.6 Å². The van der Waals surface area contributed by atoms with Gasteiger partial charge in [-0.15, -0.1) is 13.2 Å². The lowest BCUT2D eigenvalue weighted by molar-refractivity contribution is -0.381. The zero-order chi connectivity index (χ0) is 99.8. The first-order valence-corrected chi connectivity index (χ1v) is 47.5. The van der Waals surface area contributed by atoms with Crippen LogP contribution in [0.15, 0.2) is 60.3 Å². The molecule has 21 N–H and O–H groups in total. The number of hydrogen-bond donors (Lipinski definition) is 21. The van der Waals surface area contributed by atoms with E-state index in [-0.39, 0.29) is 66.9 Å². The van der Waals surface area contributed by atoms with Gasteiger partial charge < -0.3 is 193 Å². The third-order valence-corrected chi connectivity index (χ3v) is 32.2. The number of fused-ring (bicyclic) bond motifs is 7. The smallest absolute Gasteiger partial charge is 0.340 e. The van der Waals surface area contributed by atoms with Crippen LogP contribution in [0, 0.1) is 50.7 Å². The number of allylic oxidation sites excluding steroid dienone is 4. The number of carbonyl (C=O) groups is 3. The Hall–Kier alpha value is -4.33. The highest BCUT2D eigenvalue weighted by atomic mass is 16.8. The molecular weight excluding hydrogens is 1800 g/mol. The Kier molecular flexibility index (Phi) is 34.2. The maximum absolute atomic E-state index is 16.8. The van der Waals surface area contributed by atoms with Crippen LogP contribution < -0.4 is 0 Å². The van der Waals surface area contributed by atoms with Crippen LogP contribution in [0.25, 0.3) is 0 Å². The quantitative estimate of drug-likeness (QED) is 0.0114. The molecule has 0 bridgehead atoms. The highest BCUT2D eigenvalue weighted by Crippen LogP contribution is 2.76. The lowest BCUT2D eigenvalue weighted by atomic mass is 9.33. The molecule has 42 nitrogen and oxygen atoms in total. The maximum Gasteiger partial charge on any atom is 0.340 e. The molecule has 136 heavy (non-hydrogen) atoms. The number of hydrogen-bond acceptors (Lipinski definition) is 42. The molecule has 13 aliphatic rings. The highest BCUT2D eigenvalue weighted by molar-refractivity contribution is 5.88. The third kappa shape index (κ3) is 22.0. The van der Waals surface area contributed by atoms with E-state index in [0.717, 1.165) is 5.57 Å². The molecule has 776 valence electrons. The molecule has 8 aliphatic heterocycles. The van der Waals surface area contributed by atoms with Gasteiger partial charge in [0.1, 0.15) is 140 Å². The SMILES string of the molecule is C=CC(C)(O)CC/C=C(\C)C(=O)OC1C(OCC2OC(OC(=O)C3(O)CC4(C)C(=CCC5C6(C)CCC(OC7OC(COC8OCC(O)C(O)C8OC8OCC(O)C(O)C8O)C(O)C(O)C7O)C(C)(C)C6CCC54C)C4CC(C)(C)CCC43)C(OC3OC(C)C(OC4OCC(O)C(OC5OCC(O)C(O)C5O)C4O)C(O)C3O)C(OC(=O)/C(C)=C/CCC(C)(O)C=C)C2O)OC(C)C(O)C1O. The Bertz CT molecular complexity index is 4170. The fraction of sp³-hybridized carbons (Fsp3) is 0.862. The van der Waals surface area contributed by atoms with E-state index in [2.05, 4.69) is 67.7 Å². The zero-order valence-electron chi connectivity index (χ0n) is 79.4. The summed E-state index contributed by atoms with van der Waals surface area (Å²) in [5.74, 6) is -5.15. The summed E-state index contributed by atoms with van der Waals surface area (Å²) in [5, 5.41) is 238. The average Bonchev–Trinajstić information content (AvgIpc) is 0.669. The summed E-state index contributed by atoms with van der Waals surface area (Å²) in [4.78, 5) is 45.7. The van der Waals surface area contributed by atoms with Crippen LogP contribution >= 0.6 is 0 Å². The molecule has 8 saturated heterocycles. The van der Waals surface area contributed by atoms with Crippen molar-refractivity contribution in [3.63, 3.8) is 0 Å². The van der Waals surface area contributed by atoms with Crippen molar-refractivity contribution in [1.82, 2.24) is 0 Å². The number of aliphatic hydroxyl groups is 21. The van der Waals surface area contributed by atoms with E-state index in [4.69, 9.17) is 85.3 Å². The van der Waals surface area contributed by atoms with Crippen molar-refractivity contribution < 1.29 is 207 Å². The van der Waals surface area contributed by atoms with Crippen LogP contribution in [-0.4, -0.2) is 409 Å². The summed E-state index contributed by atoms with van der Waals surface area (Å²) < 4.78 is 110. The molecule has 0 aromatic carbocycles. The third-order valence-electron chi connectivity index (χ3n) is 32.2. The second-order valence-electron chi connectivity index (χ2n) is 42.6. The molecule has 5 aliphatic carbocycles. The largest absolute Gasteiger partial charge is 0.453 e. The Labute approximate surface area is 789 Å². The first-order valence-electron chi connectivity index (χ1n) is 47.5. The van der Waals surface area contributed by atoms with Gasteiger partial charge in [0.25, 0.3) is 0 Å². The van der Waals surface area contributed by atoms with Gasteiger partial charge in [0.15, 0.2) is 67.9 Å². The Morgan fingerprint density at radius 2 is 0.934 bits per heavy atom. The number of carbonyl (C=O) groups excluding carboxylic acids is 3. The molecule has 42 heteroatoms. The molecule has 8 heterocycles. The van der Waals surface area contributed by atoms with Crippen LogP contribution in [0.4, 0.5) is 0 Å². The monoisotopic (exact) mass is 1950 g/mol. The van der Waals surface area contributed by atoms with E-state index < -0.39 is 335 Å². The van der Waals surface area contributed by atoms with Crippen molar-refractivity contribution in [3.05, 3.63) is 60.3 Å². The molecule has 12 fully saturated rings. The molecule has 47 unspecified atom stereocenters. The van der Waals surface area contributed by atoms with Crippen molar-refractivity contribution in [2.45, 2.75) is 418 Å². The minimum absolute atomic E-state index is 0.0116. The van der Waals surface area contributed by atoms with E-state index in [1.54, 1.807) is 0 Å². The minimum atomic E-state index is -2.48. The van der Waals surface area contributed by atoms with E-state index in [9.17, 15) is 117 Å². The van der Waals surface area contributed by atoms with Gasteiger partial charge >= 0.3 is 17.9 Å². The molecule has 13 rings (SSSR count). The van der Waals surface area contributed by atoms with E-state index in [0.29, 0.717) is 44.9 Å². The summed E-state index contributed by atoms with van der Waals surface area (Å²) >= 11 is 0. The molecule has 0 radical (unpaired) electrons.